The number of hydrogen-bond acceptors (Lipinski definition) is 3. The van der Waals surface area contributed by atoms with Crippen molar-refractivity contribution in [2.45, 2.75) is 13.5 Å². The van der Waals surface area contributed by atoms with Crippen LogP contribution in [0.4, 0.5) is 8.78 Å². The number of ether oxygens (including phenoxy) is 2. The Morgan fingerprint density at radius 3 is 2.50 bits per heavy atom. The van der Waals surface area contributed by atoms with E-state index in [0.717, 1.165) is 0 Å². The lowest BCUT2D eigenvalue weighted by atomic mass is 10.2. The minimum atomic E-state index is -2.94. The minimum Gasteiger partial charge on any atom is -0.435 e. The summed E-state index contributed by atoms with van der Waals surface area (Å²) in [5.41, 5.74) is 0.398. The summed E-state index contributed by atoms with van der Waals surface area (Å²) < 4.78 is 32.9. The van der Waals surface area contributed by atoms with E-state index in [9.17, 15) is 13.6 Å². The van der Waals surface area contributed by atoms with Gasteiger partial charge in [-0.15, -0.1) is 0 Å². The summed E-state index contributed by atoms with van der Waals surface area (Å²) in [6.07, 6.45) is 2.49. The van der Waals surface area contributed by atoms with E-state index < -0.39 is 12.6 Å². The predicted octanol–water partition coefficient (Wildman–Crippen LogP) is 2.55. The van der Waals surface area contributed by atoms with Gasteiger partial charge in [0.25, 0.3) is 0 Å². The third-order valence-electron chi connectivity index (χ3n) is 1.57. The van der Waals surface area contributed by atoms with Crippen LogP contribution in [0, 0.1) is 6.08 Å². The maximum atomic E-state index is 12.0. The Bertz CT molecular complexity index is 402. The van der Waals surface area contributed by atoms with Crippen molar-refractivity contribution in [2.24, 2.45) is 0 Å². The summed E-state index contributed by atoms with van der Waals surface area (Å²) in [7, 11) is 0. The van der Waals surface area contributed by atoms with E-state index in [4.69, 9.17) is 4.74 Å². The van der Waals surface area contributed by atoms with E-state index in [2.05, 4.69) is 17.4 Å². The molecule has 1 aromatic rings. The molecule has 1 aromatic carbocycles. The molecule has 85 valence electrons. The van der Waals surface area contributed by atoms with Crippen molar-refractivity contribution < 1.29 is 23.0 Å². The second kappa shape index (κ2) is 5.25. The molecule has 1 radical (unpaired) electrons. The average Bonchev–Trinajstić information content (AvgIpc) is 2.14. The van der Waals surface area contributed by atoms with Crippen molar-refractivity contribution in [3.63, 3.8) is 0 Å². The van der Waals surface area contributed by atoms with Crippen LogP contribution in [0.2, 0.25) is 0 Å². The van der Waals surface area contributed by atoms with Gasteiger partial charge in [-0.1, -0.05) is 6.58 Å². The fourth-order valence-electron chi connectivity index (χ4n) is 1.07. The summed E-state index contributed by atoms with van der Waals surface area (Å²) in [6.45, 7) is 1.63. The fraction of sp³-hybridized carbons (Fsp3) is 0.182. The Labute approximate surface area is 91.3 Å². The molecule has 0 atom stereocenters. The van der Waals surface area contributed by atoms with E-state index in [0.29, 0.717) is 5.56 Å². The van der Waals surface area contributed by atoms with Crippen LogP contribution in [0.25, 0.3) is 0 Å². The van der Waals surface area contributed by atoms with Crippen molar-refractivity contribution in [1.29, 1.82) is 0 Å². The van der Waals surface area contributed by atoms with Gasteiger partial charge < -0.3 is 9.47 Å². The van der Waals surface area contributed by atoms with Gasteiger partial charge in [-0.25, -0.2) is 0 Å². The molecule has 0 heterocycles. The Hall–Kier alpha value is -1.91. The lowest BCUT2D eigenvalue weighted by Gasteiger charge is -2.08. The molecule has 0 saturated carbocycles. The Kier molecular flexibility index (Phi) is 3.99. The quantitative estimate of drug-likeness (QED) is 0.585. The number of carbonyl (C=O) groups is 1. The zero-order valence-corrected chi connectivity index (χ0v) is 8.50. The molecule has 0 N–H and O–H groups in total. The lowest BCUT2D eigenvalue weighted by molar-refractivity contribution is -0.131. The molecule has 0 aliphatic heterocycles. The van der Waals surface area contributed by atoms with E-state index in [1.807, 2.05) is 0 Å². The Morgan fingerprint density at radius 2 is 2.00 bits per heavy atom. The Balaban J connectivity index is 3.00. The van der Waals surface area contributed by atoms with Gasteiger partial charge in [-0.2, -0.15) is 8.78 Å². The first kappa shape index (κ1) is 12.2. The highest BCUT2D eigenvalue weighted by atomic mass is 19.3. The van der Waals surface area contributed by atoms with E-state index in [1.54, 1.807) is 0 Å². The zero-order valence-electron chi connectivity index (χ0n) is 8.50. The number of rotatable bonds is 4. The molecular weight excluding hydrogens is 218 g/mol. The first-order chi connectivity index (χ1) is 7.51. The van der Waals surface area contributed by atoms with Gasteiger partial charge in [-0.3, -0.25) is 4.79 Å². The molecule has 0 amide bonds. The highest BCUT2D eigenvalue weighted by Crippen LogP contribution is 2.24. The van der Waals surface area contributed by atoms with Crippen LogP contribution in [0.5, 0.6) is 11.5 Å². The zero-order chi connectivity index (χ0) is 12.1. The maximum absolute atomic E-state index is 12.0. The van der Waals surface area contributed by atoms with Crippen LogP contribution >= 0.6 is 0 Å². The maximum Gasteiger partial charge on any atom is 0.387 e. The van der Waals surface area contributed by atoms with Gasteiger partial charge in [0.15, 0.2) is 0 Å². The highest BCUT2D eigenvalue weighted by molar-refractivity contribution is 5.69. The largest absolute Gasteiger partial charge is 0.435 e. The van der Waals surface area contributed by atoms with Crippen LogP contribution in [0.1, 0.15) is 12.5 Å². The Morgan fingerprint density at radius 1 is 1.38 bits per heavy atom. The molecule has 0 spiro atoms. The number of benzene rings is 1. The summed E-state index contributed by atoms with van der Waals surface area (Å²) in [5, 5.41) is 0. The normalized spacial score (nSPS) is 10.0. The van der Waals surface area contributed by atoms with Crippen LogP contribution in [0.15, 0.2) is 24.8 Å². The first-order valence-electron chi connectivity index (χ1n) is 4.32. The minimum absolute atomic E-state index is 0.108. The van der Waals surface area contributed by atoms with E-state index in [-0.39, 0.29) is 11.5 Å². The van der Waals surface area contributed by atoms with E-state index in [1.165, 1.54) is 25.1 Å². The summed E-state index contributed by atoms with van der Waals surface area (Å²) in [6, 6.07) is 3.94. The highest BCUT2D eigenvalue weighted by Gasteiger charge is 2.08. The molecule has 0 saturated heterocycles. The van der Waals surface area contributed by atoms with Crippen LogP contribution in [-0.4, -0.2) is 12.6 Å². The number of halogens is 2. The summed E-state index contributed by atoms with van der Waals surface area (Å²) in [5.74, 6) is -0.555. The number of alkyl halides is 2. The molecule has 16 heavy (non-hydrogen) atoms. The molecule has 0 fully saturated rings. The van der Waals surface area contributed by atoms with Crippen molar-refractivity contribution in [3.8, 4) is 11.5 Å². The molecule has 0 aliphatic rings. The van der Waals surface area contributed by atoms with Gasteiger partial charge in [0.1, 0.15) is 11.5 Å². The summed E-state index contributed by atoms with van der Waals surface area (Å²) in [4.78, 5) is 10.7. The number of hydrogen-bond donors (Lipinski definition) is 0. The van der Waals surface area contributed by atoms with Crippen LogP contribution in [-0.2, 0) is 4.79 Å². The standard InChI is InChI=1S/C11H9F2O3/c1-3-8-4-9(15-7(2)14)6-10(5-8)16-11(12)13/h4-6,11H,1H2,2H3. The summed E-state index contributed by atoms with van der Waals surface area (Å²) >= 11 is 0. The molecule has 0 aliphatic carbocycles. The topological polar surface area (TPSA) is 35.5 Å². The van der Waals surface area contributed by atoms with Gasteiger partial charge >= 0.3 is 12.6 Å². The van der Waals surface area contributed by atoms with E-state index >= 15 is 0 Å². The van der Waals surface area contributed by atoms with Crippen LogP contribution in [0.3, 0.4) is 0 Å². The third-order valence-corrected chi connectivity index (χ3v) is 1.57. The van der Waals surface area contributed by atoms with Crippen molar-refractivity contribution in [1.82, 2.24) is 0 Å². The smallest absolute Gasteiger partial charge is 0.387 e. The number of carbonyl (C=O) groups excluding carboxylic acids is 1. The third kappa shape index (κ3) is 3.68. The molecule has 5 heteroatoms. The van der Waals surface area contributed by atoms with Gasteiger partial charge in [0, 0.05) is 13.0 Å². The molecule has 1 rings (SSSR count). The number of esters is 1. The van der Waals surface area contributed by atoms with Gasteiger partial charge in [-0.05, 0) is 23.8 Å². The second-order valence-electron chi connectivity index (χ2n) is 2.84. The first-order valence-corrected chi connectivity index (χ1v) is 4.32. The second-order valence-corrected chi connectivity index (χ2v) is 2.84. The van der Waals surface area contributed by atoms with Gasteiger partial charge in [0.2, 0.25) is 0 Å². The fourth-order valence-corrected chi connectivity index (χ4v) is 1.07. The SMILES string of the molecule is C=[C]c1cc(OC(C)=O)cc(OC(F)F)c1. The molecule has 0 unspecified atom stereocenters. The lowest BCUT2D eigenvalue weighted by Crippen LogP contribution is -2.04. The molecular formula is C11H9F2O3. The van der Waals surface area contributed by atoms with Crippen molar-refractivity contribution in [2.75, 3.05) is 0 Å². The molecule has 0 aromatic heterocycles. The predicted molar refractivity (Wildman–Crippen MR) is 52.4 cm³/mol. The molecule has 0 bridgehead atoms. The monoisotopic (exact) mass is 227 g/mol. The van der Waals surface area contributed by atoms with Crippen molar-refractivity contribution in [3.05, 3.63) is 36.4 Å². The van der Waals surface area contributed by atoms with Crippen molar-refractivity contribution >= 4 is 5.97 Å². The van der Waals surface area contributed by atoms with Crippen LogP contribution < -0.4 is 9.47 Å². The average molecular weight is 227 g/mol. The van der Waals surface area contributed by atoms with Gasteiger partial charge in [0.05, 0.1) is 0 Å². The molecule has 3 nitrogen and oxygen atoms in total.